The molecule has 1 atom stereocenters. The first-order valence-corrected chi connectivity index (χ1v) is 8.13. The summed E-state index contributed by atoms with van der Waals surface area (Å²) in [4.78, 5) is 25.3. The molecule has 0 saturated heterocycles. The average Bonchev–Trinajstić information content (AvgIpc) is 3.11. The number of benzene rings is 1. The summed E-state index contributed by atoms with van der Waals surface area (Å²) in [5, 5.41) is 8.85. The molecule has 0 aliphatic carbocycles. The molecule has 5 nitrogen and oxygen atoms in total. The zero-order valence-corrected chi connectivity index (χ0v) is 13.6. The molecule has 3 rings (SSSR count). The minimum absolute atomic E-state index is 0.113. The van der Waals surface area contributed by atoms with Gasteiger partial charge in [-0.05, 0) is 48.7 Å². The van der Waals surface area contributed by atoms with Gasteiger partial charge in [0, 0.05) is 10.9 Å². The van der Waals surface area contributed by atoms with E-state index in [0.717, 1.165) is 9.56 Å². The Hall–Kier alpha value is -2.80. The number of carbonyl (C=O) groups is 1. The topological polar surface area (TPSA) is 64.0 Å². The number of nitrogens with zero attached hydrogens (tertiary/aromatic N) is 2. The van der Waals surface area contributed by atoms with Gasteiger partial charge >= 0.3 is 0 Å². The molecular formula is C17H14FN3O2S. The smallest absolute Gasteiger partial charge is 0.272 e. The van der Waals surface area contributed by atoms with Crippen LogP contribution in [0, 0.1) is 5.82 Å². The van der Waals surface area contributed by atoms with E-state index in [1.807, 2.05) is 24.4 Å². The van der Waals surface area contributed by atoms with Gasteiger partial charge in [0.25, 0.3) is 11.5 Å². The molecule has 0 saturated carbocycles. The highest BCUT2D eigenvalue weighted by molar-refractivity contribution is 7.10. The summed E-state index contributed by atoms with van der Waals surface area (Å²) in [6, 6.07) is 11.6. The van der Waals surface area contributed by atoms with Crippen LogP contribution >= 0.6 is 11.3 Å². The van der Waals surface area contributed by atoms with Crippen LogP contribution in [0.5, 0.6) is 0 Å². The Morgan fingerprint density at radius 2 is 1.96 bits per heavy atom. The van der Waals surface area contributed by atoms with Gasteiger partial charge in [0.15, 0.2) is 0 Å². The number of hydrogen-bond acceptors (Lipinski definition) is 4. The number of halogens is 1. The summed E-state index contributed by atoms with van der Waals surface area (Å²) in [7, 11) is 0. The van der Waals surface area contributed by atoms with E-state index in [-0.39, 0.29) is 17.6 Å². The Balaban J connectivity index is 1.86. The van der Waals surface area contributed by atoms with E-state index in [2.05, 4.69) is 10.4 Å². The van der Waals surface area contributed by atoms with Gasteiger partial charge in [0.05, 0.1) is 11.7 Å². The average molecular weight is 343 g/mol. The summed E-state index contributed by atoms with van der Waals surface area (Å²) in [6.07, 6.45) is 0. The molecule has 0 fully saturated rings. The second kappa shape index (κ2) is 6.76. The zero-order valence-electron chi connectivity index (χ0n) is 12.8. The normalized spacial score (nSPS) is 11.9. The van der Waals surface area contributed by atoms with Gasteiger partial charge in [-0.15, -0.1) is 11.3 Å². The maximum Gasteiger partial charge on any atom is 0.272 e. The highest BCUT2D eigenvalue weighted by Crippen LogP contribution is 2.18. The summed E-state index contributed by atoms with van der Waals surface area (Å²) < 4.78 is 14.1. The molecule has 0 aliphatic heterocycles. The first-order chi connectivity index (χ1) is 11.5. The van der Waals surface area contributed by atoms with Crippen LogP contribution in [-0.4, -0.2) is 15.7 Å². The molecule has 1 N–H and O–H groups in total. The predicted octanol–water partition coefficient (Wildman–Crippen LogP) is 2.92. The first-order valence-electron chi connectivity index (χ1n) is 7.25. The van der Waals surface area contributed by atoms with E-state index in [0.29, 0.717) is 5.69 Å². The molecule has 24 heavy (non-hydrogen) atoms. The van der Waals surface area contributed by atoms with Crippen molar-refractivity contribution < 1.29 is 9.18 Å². The standard InChI is InChI=1S/C17H14FN3O2S/c1-11(15-3-2-10-24-15)19-17(23)14-8-9-16(22)21(20-14)13-6-4-12(18)5-7-13/h2-11H,1H3,(H,19,23)/t11-/m1/s1. The third kappa shape index (κ3) is 3.41. The molecular weight excluding hydrogens is 329 g/mol. The fourth-order valence-corrected chi connectivity index (χ4v) is 2.91. The molecule has 1 aromatic carbocycles. The Morgan fingerprint density at radius 1 is 1.21 bits per heavy atom. The Morgan fingerprint density at radius 3 is 2.62 bits per heavy atom. The fourth-order valence-electron chi connectivity index (χ4n) is 2.18. The van der Waals surface area contributed by atoms with Crippen LogP contribution in [0.3, 0.4) is 0 Å². The van der Waals surface area contributed by atoms with Crippen molar-refractivity contribution in [3.8, 4) is 5.69 Å². The van der Waals surface area contributed by atoms with Crippen LogP contribution in [0.25, 0.3) is 5.69 Å². The van der Waals surface area contributed by atoms with E-state index in [1.54, 1.807) is 11.3 Å². The number of nitrogens with one attached hydrogen (secondary N) is 1. The second-order valence-electron chi connectivity index (χ2n) is 5.16. The van der Waals surface area contributed by atoms with Crippen molar-refractivity contribution in [3.05, 3.63) is 80.7 Å². The summed E-state index contributed by atoms with van der Waals surface area (Å²) >= 11 is 1.55. The lowest BCUT2D eigenvalue weighted by molar-refractivity contribution is 0.0933. The van der Waals surface area contributed by atoms with Crippen LogP contribution in [0.15, 0.2) is 58.7 Å². The van der Waals surface area contributed by atoms with Crippen LogP contribution in [0.4, 0.5) is 4.39 Å². The molecule has 2 aromatic heterocycles. The van der Waals surface area contributed by atoms with Gasteiger partial charge in [-0.1, -0.05) is 6.07 Å². The third-order valence-electron chi connectivity index (χ3n) is 3.42. The molecule has 3 aromatic rings. The lowest BCUT2D eigenvalue weighted by Gasteiger charge is -2.12. The number of carbonyl (C=O) groups excluding carboxylic acids is 1. The van der Waals surface area contributed by atoms with E-state index in [1.165, 1.54) is 36.4 Å². The van der Waals surface area contributed by atoms with Crippen molar-refractivity contribution in [2.45, 2.75) is 13.0 Å². The first kappa shape index (κ1) is 16.1. The molecule has 0 aliphatic rings. The second-order valence-corrected chi connectivity index (χ2v) is 6.13. The molecule has 0 radical (unpaired) electrons. The van der Waals surface area contributed by atoms with Crippen molar-refractivity contribution in [1.29, 1.82) is 0 Å². The van der Waals surface area contributed by atoms with Gasteiger partial charge in [0.1, 0.15) is 11.5 Å². The third-order valence-corrected chi connectivity index (χ3v) is 4.48. The lowest BCUT2D eigenvalue weighted by Crippen LogP contribution is -2.30. The van der Waals surface area contributed by atoms with Crippen LogP contribution in [0.2, 0.25) is 0 Å². The lowest BCUT2D eigenvalue weighted by atomic mass is 10.2. The van der Waals surface area contributed by atoms with E-state index in [4.69, 9.17) is 0 Å². The SMILES string of the molecule is C[C@@H](NC(=O)c1ccc(=O)n(-c2ccc(F)cc2)n1)c1cccs1. The largest absolute Gasteiger partial charge is 0.343 e. The van der Waals surface area contributed by atoms with Gasteiger partial charge in [-0.3, -0.25) is 9.59 Å². The molecule has 0 unspecified atom stereocenters. The number of thiophene rings is 1. The quantitative estimate of drug-likeness (QED) is 0.792. The number of amides is 1. The Bertz CT molecular complexity index is 904. The van der Waals surface area contributed by atoms with Gasteiger partial charge in [-0.25, -0.2) is 4.39 Å². The maximum atomic E-state index is 13.0. The molecule has 2 heterocycles. The molecule has 0 bridgehead atoms. The Labute approximate surface area is 141 Å². The fraction of sp³-hybridized carbons (Fsp3) is 0.118. The highest BCUT2D eigenvalue weighted by Gasteiger charge is 2.15. The number of hydrogen-bond donors (Lipinski definition) is 1. The summed E-state index contributed by atoms with van der Waals surface area (Å²) in [5.74, 6) is -0.794. The summed E-state index contributed by atoms with van der Waals surface area (Å²) in [5.41, 5.74) is 0.106. The van der Waals surface area contributed by atoms with Gasteiger partial charge in [-0.2, -0.15) is 9.78 Å². The minimum Gasteiger partial charge on any atom is -0.343 e. The molecule has 0 spiro atoms. The molecule has 1 amide bonds. The minimum atomic E-state index is -0.412. The Kier molecular flexibility index (Phi) is 4.52. The molecule has 122 valence electrons. The van der Waals surface area contributed by atoms with E-state index in [9.17, 15) is 14.0 Å². The van der Waals surface area contributed by atoms with Crippen LogP contribution in [-0.2, 0) is 0 Å². The number of aromatic nitrogens is 2. The van der Waals surface area contributed by atoms with Crippen molar-refractivity contribution in [3.63, 3.8) is 0 Å². The van der Waals surface area contributed by atoms with Gasteiger partial charge < -0.3 is 5.32 Å². The van der Waals surface area contributed by atoms with Gasteiger partial charge in [0.2, 0.25) is 0 Å². The van der Waals surface area contributed by atoms with Crippen molar-refractivity contribution >= 4 is 17.2 Å². The van der Waals surface area contributed by atoms with Crippen molar-refractivity contribution in [2.24, 2.45) is 0 Å². The maximum absolute atomic E-state index is 13.0. The molecule has 7 heteroatoms. The highest BCUT2D eigenvalue weighted by atomic mass is 32.1. The van der Waals surface area contributed by atoms with E-state index >= 15 is 0 Å². The number of rotatable bonds is 4. The van der Waals surface area contributed by atoms with Crippen molar-refractivity contribution in [1.82, 2.24) is 15.1 Å². The monoisotopic (exact) mass is 343 g/mol. The van der Waals surface area contributed by atoms with Crippen LogP contribution in [0.1, 0.15) is 28.3 Å². The van der Waals surface area contributed by atoms with Crippen LogP contribution < -0.4 is 10.9 Å². The predicted molar refractivity (Wildman–Crippen MR) is 90.0 cm³/mol. The summed E-state index contributed by atoms with van der Waals surface area (Å²) in [6.45, 7) is 1.87. The zero-order chi connectivity index (χ0) is 17.1. The van der Waals surface area contributed by atoms with Crippen molar-refractivity contribution in [2.75, 3.05) is 0 Å². The van der Waals surface area contributed by atoms with E-state index < -0.39 is 11.4 Å².